The highest BCUT2D eigenvalue weighted by Gasteiger charge is 2.35. The number of benzene rings is 2. The van der Waals surface area contributed by atoms with Crippen molar-refractivity contribution in [2.75, 3.05) is 18.2 Å². The van der Waals surface area contributed by atoms with Gasteiger partial charge in [-0.05, 0) is 37.1 Å². The Kier molecular flexibility index (Phi) is 7.77. The molecule has 1 atom stereocenters. The topological polar surface area (TPSA) is 123 Å². The quantitative estimate of drug-likeness (QED) is 0.428. The number of nitrogens with two attached hydrogens (primary N) is 1. The summed E-state index contributed by atoms with van der Waals surface area (Å²) in [7, 11) is 0. The number of ether oxygens (including phenoxy) is 1. The summed E-state index contributed by atoms with van der Waals surface area (Å²) in [5.74, 6) is -1.97. The number of nitrogens with zero attached hydrogens (tertiary/aromatic N) is 4. The number of halogens is 4. The van der Waals surface area contributed by atoms with E-state index in [0.717, 1.165) is 17.3 Å². The number of anilines is 1. The molecule has 0 bridgehead atoms. The van der Waals surface area contributed by atoms with Crippen molar-refractivity contribution in [3.8, 4) is 6.01 Å². The van der Waals surface area contributed by atoms with Gasteiger partial charge in [0.05, 0.1) is 12.3 Å². The third-order valence-electron chi connectivity index (χ3n) is 5.90. The third-order valence-corrected chi connectivity index (χ3v) is 6.15. The molecule has 204 valence electrons. The average molecular weight is 561 g/mol. The second kappa shape index (κ2) is 10.9. The average Bonchev–Trinajstić information content (AvgIpc) is 3.33. The van der Waals surface area contributed by atoms with Crippen molar-refractivity contribution >= 4 is 34.9 Å². The maximum Gasteiger partial charge on any atom is 0.422 e. The van der Waals surface area contributed by atoms with Crippen LogP contribution >= 0.6 is 11.6 Å². The van der Waals surface area contributed by atoms with Gasteiger partial charge < -0.3 is 15.8 Å². The zero-order valence-electron chi connectivity index (χ0n) is 20.9. The summed E-state index contributed by atoms with van der Waals surface area (Å²) < 4.78 is 43.1. The van der Waals surface area contributed by atoms with Crippen LogP contribution in [0.5, 0.6) is 6.01 Å². The molecule has 0 fully saturated rings. The Morgan fingerprint density at radius 1 is 1.13 bits per heavy atom. The standard InChI is InChI=1S/C26H24ClF3N6O3/c1-25(2,23(31)38)34-22(37)18-12-32-24(39-14-26(28,29)30)33-21(18)36-13-19(15-6-4-3-5-7-15)20(35-36)16-8-10-17(27)11-9-16/h3-12,19H,13-14H2,1-2H3,(H2,31,38)(H,34,37). The Morgan fingerprint density at radius 2 is 1.79 bits per heavy atom. The van der Waals surface area contributed by atoms with Gasteiger partial charge in [-0.15, -0.1) is 0 Å². The molecule has 3 N–H and O–H groups in total. The van der Waals surface area contributed by atoms with E-state index in [1.165, 1.54) is 18.9 Å². The van der Waals surface area contributed by atoms with Crippen molar-refractivity contribution in [1.82, 2.24) is 15.3 Å². The van der Waals surface area contributed by atoms with Gasteiger partial charge in [-0.1, -0.05) is 54.1 Å². The molecule has 0 saturated heterocycles. The Morgan fingerprint density at radius 3 is 2.41 bits per heavy atom. The molecule has 2 heterocycles. The number of carbonyl (C=O) groups excluding carboxylic acids is 2. The Bertz CT molecular complexity index is 1400. The van der Waals surface area contributed by atoms with Crippen LogP contribution in [0.2, 0.25) is 5.02 Å². The van der Waals surface area contributed by atoms with Crippen LogP contribution in [0.25, 0.3) is 0 Å². The number of aromatic nitrogens is 2. The summed E-state index contributed by atoms with van der Waals surface area (Å²) in [6.45, 7) is 1.38. The van der Waals surface area contributed by atoms with Crippen LogP contribution in [0.15, 0.2) is 65.9 Å². The molecule has 0 spiro atoms. The van der Waals surface area contributed by atoms with E-state index in [9.17, 15) is 22.8 Å². The van der Waals surface area contributed by atoms with Crippen molar-refractivity contribution in [2.24, 2.45) is 10.8 Å². The van der Waals surface area contributed by atoms with Crippen LogP contribution in [-0.4, -0.2) is 52.4 Å². The summed E-state index contributed by atoms with van der Waals surface area (Å²) >= 11 is 6.07. The zero-order chi connectivity index (χ0) is 28.4. The first-order valence-electron chi connectivity index (χ1n) is 11.7. The molecule has 3 aromatic rings. The highest BCUT2D eigenvalue weighted by molar-refractivity contribution is 6.30. The van der Waals surface area contributed by atoms with E-state index in [1.807, 2.05) is 30.3 Å². The summed E-state index contributed by atoms with van der Waals surface area (Å²) in [6.07, 6.45) is -3.61. The van der Waals surface area contributed by atoms with Gasteiger partial charge >= 0.3 is 12.2 Å². The number of hydrazone groups is 1. The Balaban J connectivity index is 1.79. The van der Waals surface area contributed by atoms with Gasteiger partial charge in [0, 0.05) is 17.1 Å². The van der Waals surface area contributed by atoms with Gasteiger partial charge in [0.1, 0.15) is 11.1 Å². The van der Waals surface area contributed by atoms with E-state index in [2.05, 4.69) is 15.3 Å². The molecule has 1 aromatic heterocycles. The number of hydrogen-bond acceptors (Lipinski definition) is 7. The Labute approximate surface area is 226 Å². The van der Waals surface area contributed by atoms with Gasteiger partial charge in [0.2, 0.25) is 5.91 Å². The molecule has 0 saturated carbocycles. The molecule has 4 rings (SSSR count). The molecule has 1 aliphatic rings. The molecule has 9 nitrogen and oxygen atoms in total. The van der Waals surface area contributed by atoms with E-state index in [1.54, 1.807) is 24.3 Å². The van der Waals surface area contributed by atoms with E-state index in [0.29, 0.717) is 10.7 Å². The van der Waals surface area contributed by atoms with Gasteiger partial charge in [0.15, 0.2) is 12.4 Å². The van der Waals surface area contributed by atoms with Gasteiger partial charge in [-0.2, -0.15) is 23.3 Å². The van der Waals surface area contributed by atoms with Crippen LogP contribution in [0.4, 0.5) is 19.0 Å². The third kappa shape index (κ3) is 6.63. The summed E-state index contributed by atoms with van der Waals surface area (Å²) in [6, 6.07) is 15.9. The number of nitrogens with one attached hydrogen (secondary N) is 1. The van der Waals surface area contributed by atoms with E-state index in [4.69, 9.17) is 27.2 Å². The lowest BCUT2D eigenvalue weighted by Gasteiger charge is -2.24. The number of rotatable bonds is 8. The molecule has 2 amide bonds. The lowest BCUT2D eigenvalue weighted by atomic mass is 9.90. The fourth-order valence-corrected chi connectivity index (χ4v) is 3.93. The van der Waals surface area contributed by atoms with Crippen molar-refractivity contribution in [2.45, 2.75) is 31.5 Å². The molecular formula is C26H24ClF3N6O3. The largest absolute Gasteiger partial charge is 0.454 e. The van der Waals surface area contributed by atoms with Gasteiger partial charge in [-0.25, -0.2) is 9.99 Å². The van der Waals surface area contributed by atoms with Crippen LogP contribution in [0.1, 0.15) is 41.3 Å². The van der Waals surface area contributed by atoms with Gasteiger partial charge in [0.25, 0.3) is 5.91 Å². The lowest BCUT2D eigenvalue weighted by Crippen LogP contribution is -2.53. The first-order valence-corrected chi connectivity index (χ1v) is 12.1. The summed E-state index contributed by atoms with van der Waals surface area (Å²) in [5.41, 5.74) is 6.09. The second-order valence-corrected chi connectivity index (χ2v) is 9.71. The van der Waals surface area contributed by atoms with Crippen LogP contribution in [-0.2, 0) is 4.79 Å². The van der Waals surface area contributed by atoms with Crippen LogP contribution < -0.4 is 20.8 Å². The number of primary amides is 1. The molecule has 1 aliphatic heterocycles. The molecule has 39 heavy (non-hydrogen) atoms. The molecule has 13 heteroatoms. The first kappa shape index (κ1) is 27.8. The monoisotopic (exact) mass is 560 g/mol. The molecule has 0 radical (unpaired) electrons. The predicted molar refractivity (Wildman–Crippen MR) is 139 cm³/mol. The van der Waals surface area contributed by atoms with Crippen molar-refractivity contribution < 1.29 is 27.5 Å². The number of alkyl halides is 3. The van der Waals surface area contributed by atoms with Crippen LogP contribution in [0, 0.1) is 0 Å². The predicted octanol–water partition coefficient (Wildman–Crippen LogP) is 4.07. The lowest BCUT2D eigenvalue weighted by molar-refractivity contribution is -0.154. The van der Waals surface area contributed by atoms with Gasteiger partial charge in [-0.3, -0.25) is 9.59 Å². The van der Waals surface area contributed by atoms with E-state index in [-0.39, 0.29) is 23.8 Å². The van der Waals surface area contributed by atoms with Crippen molar-refractivity contribution in [1.29, 1.82) is 0 Å². The maximum atomic E-state index is 13.2. The van der Waals surface area contributed by atoms with E-state index < -0.39 is 36.1 Å². The fourth-order valence-electron chi connectivity index (χ4n) is 3.80. The summed E-state index contributed by atoms with van der Waals surface area (Å²) in [4.78, 5) is 32.9. The fraction of sp³-hybridized carbons (Fsp3) is 0.269. The number of amides is 2. The minimum atomic E-state index is -4.63. The molecule has 1 unspecified atom stereocenters. The minimum Gasteiger partial charge on any atom is -0.454 e. The normalized spacial score (nSPS) is 15.6. The van der Waals surface area contributed by atoms with Crippen molar-refractivity contribution in [3.05, 3.63) is 82.5 Å². The van der Waals surface area contributed by atoms with Crippen LogP contribution in [0.3, 0.4) is 0 Å². The number of hydrogen-bond donors (Lipinski definition) is 2. The highest BCUT2D eigenvalue weighted by Crippen LogP contribution is 2.33. The number of carbonyl (C=O) groups is 2. The highest BCUT2D eigenvalue weighted by atomic mass is 35.5. The molecule has 2 aromatic carbocycles. The smallest absolute Gasteiger partial charge is 0.422 e. The molecular weight excluding hydrogens is 537 g/mol. The first-order chi connectivity index (χ1) is 18.3. The SMILES string of the molecule is CC(C)(NC(=O)c1cnc(OCC(F)(F)F)nc1N1CC(c2ccccc2)C(c2ccc(Cl)cc2)=N1)C(N)=O. The summed E-state index contributed by atoms with van der Waals surface area (Å²) in [5, 5.41) is 9.14. The van der Waals surface area contributed by atoms with Crippen molar-refractivity contribution in [3.63, 3.8) is 0 Å². The zero-order valence-corrected chi connectivity index (χ0v) is 21.6. The Hall–Kier alpha value is -4.19. The molecule has 0 aliphatic carbocycles. The maximum absolute atomic E-state index is 13.2. The van der Waals surface area contributed by atoms with E-state index >= 15 is 0 Å². The minimum absolute atomic E-state index is 0.107. The second-order valence-electron chi connectivity index (χ2n) is 9.27.